The molecule has 2 aliphatic heterocycles. The van der Waals surface area contributed by atoms with E-state index in [0.29, 0.717) is 24.1 Å². The Kier molecular flexibility index (Phi) is 4.64. The molecule has 7 nitrogen and oxygen atoms in total. The summed E-state index contributed by atoms with van der Waals surface area (Å²) in [5, 5.41) is 0. The number of nitrogens with two attached hydrogens (primary N) is 1. The Hall–Kier alpha value is -3.09. The number of carbonyl (C=O) groups is 2. The van der Waals surface area contributed by atoms with E-state index in [1.807, 2.05) is 24.1 Å². The number of piperazine rings is 1. The van der Waals surface area contributed by atoms with Gasteiger partial charge in [0.1, 0.15) is 0 Å². The van der Waals surface area contributed by atoms with Gasteiger partial charge in [0.2, 0.25) is 5.91 Å². The lowest BCUT2D eigenvalue weighted by atomic mass is 9.94. The molecule has 2 saturated carbocycles. The number of fused-ring (bicyclic) bond motifs is 1. The summed E-state index contributed by atoms with van der Waals surface area (Å²) in [4.78, 5) is 36.4. The number of nitrogen functional groups attached to an aromatic ring is 1. The summed E-state index contributed by atoms with van der Waals surface area (Å²) in [6.45, 7) is 4.96. The molecule has 3 fully saturated rings. The minimum absolute atomic E-state index is 0.0741. The highest BCUT2D eigenvalue weighted by Gasteiger charge is 2.38. The minimum Gasteiger partial charge on any atom is -0.396 e. The lowest BCUT2D eigenvalue weighted by molar-refractivity contribution is -0.134. The van der Waals surface area contributed by atoms with Crippen LogP contribution in [0.3, 0.4) is 0 Å². The van der Waals surface area contributed by atoms with Crippen LogP contribution < -0.4 is 10.6 Å². The molecule has 7 heteroatoms. The van der Waals surface area contributed by atoms with Gasteiger partial charge in [-0.1, -0.05) is 12.1 Å². The first-order valence-electron chi connectivity index (χ1n) is 12.2. The molecular weight excluding hydrogens is 414 g/mol. The molecule has 1 atom stereocenters. The monoisotopic (exact) mass is 445 g/mol. The van der Waals surface area contributed by atoms with Crippen LogP contribution in [0, 0.1) is 5.92 Å². The Labute approximate surface area is 194 Å². The zero-order chi connectivity index (χ0) is 22.9. The molecule has 1 aromatic heterocycles. The topological polar surface area (TPSA) is 82.8 Å². The maximum Gasteiger partial charge on any atom is 0.254 e. The average molecular weight is 446 g/mol. The number of benzene rings is 1. The number of carbonyl (C=O) groups excluding carboxylic acids is 2. The predicted octanol–water partition coefficient (Wildman–Crippen LogP) is 3.24. The largest absolute Gasteiger partial charge is 0.396 e. The van der Waals surface area contributed by atoms with Crippen LogP contribution in [-0.4, -0.2) is 59.3 Å². The van der Waals surface area contributed by atoms with Gasteiger partial charge in [-0.3, -0.25) is 9.59 Å². The molecule has 2 aromatic rings. The number of nitrogens with zero attached hydrogens (tertiary/aromatic N) is 4. The number of pyridine rings is 1. The SMILES string of the molecule is C[C@@H]1CN(c2nc(C3CC3)c(-c3cccc4c3CN(C)C4=O)cc2N)CCN1C(=O)C1CC1. The highest BCUT2D eigenvalue weighted by atomic mass is 16.2. The van der Waals surface area contributed by atoms with Crippen molar-refractivity contribution in [2.45, 2.75) is 51.1 Å². The van der Waals surface area contributed by atoms with Crippen molar-refractivity contribution in [3.8, 4) is 11.1 Å². The third-order valence-electron chi connectivity index (χ3n) is 7.60. The van der Waals surface area contributed by atoms with E-state index in [1.165, 1.54) is 0 Å². The normalized spacial score (nSPS) is 22.7. The van der Waals surface area contributed by atoms with Gasteiger partial charge in [0.15, 0.2) is 5.82 Å². The van der Waals surface area contributed by atoms with Crippen LogP contribution in [0.15, 0.2) is 24.3 Å². The van der Waals surface area contributed by atoms with Crippen LogP contribution in [-0.2, 0) is 11.3 Å². The summed E-state index contributed by atoms with van der Waals surface area (Å²) < 4.78 is 0. The van der Waals surface area contributed by atoms with Gasteiger partial charge in [-0.05, 0) is 55.9 Å². The number of aromatic nitrogens is 1. The fraction of sp³-hybridized carbons (Fsp3) is 0.500. The zero-order valence-corrected chi connectivity index (χ0v) is 19.4. The molecule has 6 rings (SSSR count). The van der Waals surface area contributed by atoms with Crippen molar-refractivity contribution in [1.29, 1.82) is 0 Å². The summed E-state index contributed by atoms with van der Waals surface area (Å²) in [5.74, 6) is 1.92. The van der Waals surface area contributed by atoms with Crippen LogP contribution in [0.4, 0.5) is 11.5 Å². The van der Waals surface area contributed by atoms with E-state index in [4.69, 9.17) is 10.7 Å². The molecule has 172 valence electrons. The fourth-order valence-corrected chi connectivity index (χ4v) is 5.44. The Morgan fingerprint density at radius 2 is 1.85 bits per heavy atom. The maximum atomic E-state index is 12.6. The molecule has 2 N–H and O–H groups in total. The molecule has 3 heterocycles. The molecule has 0 radical (unpaired) electrons. The van der Waals surface area contributed by atoms with Gasteiger partial charge < -0.3 is 20.4 Å². The standard InChI is InChI=1S/C26H31N5O2/c1-15-13-30(10-11-31(15)25(32)17-8-9-17)24-22(27)12-20(23(28-24)16-6-7-16)18-4-3-5-19-21(18)14-29(2)26(19)33/h3-5,12,15-17H,6-11,13-14,27H2,1-2H3/t15-/m1/s1. The van der Waals surface area contributed by atoms with Gasteiger partial charge in [-0.2, -0.15) is 0 Å². The first-order chi connectivity index (χ1) is 15.9. The molecule has 2 aliphatic carbocycles. The van der Waals surface area contributed by atoms with Crippen molar-refractivity contribution in [3.63, 3.8) is 0 Å². The van der Waals surface area contributed by atoms with Crippen molar-refractivity contribution in [3.05, 3.63) is 41.1 Å². The Balaban J connectivity index is 1.34. The second-order valence-corrected chi connectivity index (χ2v) is 10.2. The maximum absolute atomic E-state index is 12.6. The minimum atomic E-state index is 0.0741. The molecule has 0 spiro atoms. The Bertz CT molecular complexity index is 1150. The number of hydrogen-bond acceptors (Lipinski definition) is 5. The van der Waals surface area contributed by atoms with Crippen molar-refractivity contribution >= 4 is 23.3 Å². The smallest absolute Gasteiger partial charge is 0.254 e. The predicted molar refractivity (Wildman–Crippen MR) is 128 cm³/mol. The Morgan fingerprint density at radius 1 is 1.09 bits per heavy atom. The van der Waals surface area contributed by atoms with Crippen LogP contribution >= 0.6 is 0 Å². The highest BCUT2D eigenvalue weighted by molar-refractivity contribution is 6.00. The first-order valence-corrected chi connectivity index (χ1v) is 12.2. The number of amides is 2. The third kappa shape index (κ3) is 3.45. The molecule has 33 heavy (non-hydrogen) atoms. The van der Waals surface area contributed by atoms with Crippen LogP contribution in [0.25, 0.3) is 11.1 Å². The van der Waals surface area contributed by atoms with E-state index in [1.54, 1.807) is 4.90 Å². The van der Waals surface area contributed by atoms with Gasteiger partial charge in [-0.15, -0.1) is 0 Å². The molecular formula is C26H31N5O2. The van der Waals surface area contributed by atoms with Gasteiger partial charge in [0.05, 0.1) is 11.4 Å². The molecule has 2 amide bonds. The highest BCUT2D eigenvalue weighted by Crippen LogP contribution is 2.47. The molecule has 0 unspecified atom stereocenters. The molecule has 1 saturated heterocycles. The van der Waals surface area contributed by atoms with Crippen LogP contribution in [0.5, 0.6) is 0 Å². The zero-order valence-electron chi connectivity index (χ0n) is 19.4. The van der Waals surface area contributed by atoms with E-state index >= 15 is 0 Å². The van der Waals surface area contributed by atoms with Crippen molar-refractivity contribution in [2.75, 3.05) is 37.3 Å². The summed E-state index contributed by atoms with van der Waals surface area (Å²) in [6, 6.07) is 8.19. The van der Waals surface area contributed by atoms with E-state index in [9.17, 15) is 9.59 Å². The van der Waals surface area contributed by atoms with Crippen LogP contribution in [0.1, 0.15) is 60.1 Å². The van der Waals surface area contributed by atoms with E-state index in [-0.39, 0.29) is 17.9 Å². The molecule has 4 aliphatic rings. The summed E-state index contributed by atoms with van der Waals surface area (Å²) in [7, 11) is 1.85. The molecule has 0 bridgehead atoms. The second-order valence-electron chi connectivity index (χ2n) is 10.2. The van der Waals surface area contributed by atoms with E-state index < -0.39 is 0 Å². The third-order valence-corrected chi connectivity index (χ3v) is 7.60. The Morgan fingerprint density at radius 3 is 2.55 bits per heavy atom. The molecule has 1 aromatic carbocycles. The fourth-order valence-electron chi connectivity index (χ4n) is 5.44. The van der Waals surface area contributed by atoms with Gasteiger partial charge in [0.25, 0.3) is 5.91 Å². The van der Waals surface area contributed by atoms with Crippen molar-refractivity contribution in [2.24, 2.45) is 5.92 Å². The number of rotatable bonds is 4. The summed E-state index contributed by atoms with van der Waals surface area (Å²) in [6.07, 6.45) is 4.35. The number of anilines is 2. The van der Waals surface area contributed by atoms with Gasteiger partial charge in [-0.25, -0.2) is 4.98 Å². The van der Waals surface area contributed by atoms with Gasteiger partial charge in [0, 0.05) is 62.2 Å². The van der Waals surface area contributed by atoms with E-state index in [0.717, 1.165) is 79.1 Å². The van der Waals surface area contributed by atoms with Gasteiger partial charge >= 0.3 is 0 Å². The lowest BCUT2D eigenvalue weighted by Gasteiger charge is -2.41. The first kappa shape index (κ1) is 20.5. The van der Waals surface area contributed by atoms with Crippen molar-refractivity contribution < 1.29 is 9.59 Å². The van der Waals surface area contributed by atoms with Crippen molar-refractivity contribution in [1.82, 2.24) is 14.8 Å². The quantitative estimate of drug-likeness (QED) is 0.781. The average Bonchev–Trinajstić information content (AvgIpc) is 3.71. The van der Waals surface area contributed by atoms with E-state index in [2.05, 4.69) is 24.0 Å². The number of hydrogen-bond donors (Lipinski definition) is 1. The second kappa shape index (κ2) is 7.47. The summed E-state index contributed by atoms with van der Waals surface area (Å²) >= 11 is 0. The lowest BCUT2D eigenvalue weighted by Crippen LogP contribution is -2.54. The van der Waals surface area contributed by atoms with Crippen LogP contribution in [0.2, 0.25) is 0 Å². The summed E-state index contributed by atoms with van der Waals surface area (Å²) in [5.41, 5.74) is 12.4.